The van der Waals surface area contributed by atoms with Crippen molar-refractivity contribution in [3.05, 3.63) is 0 Å². The number of carbonyl (C=O) groups excluding carboxylic acids is 1. The van der Waals surface area contributed by atoms with Gasteiger partial charge in [0.25, 0.3) is 5.91 Å². The summed E-state index contributed by atoms with van der Waals surface area (Å²) in [5.41, 5.74) is 0. The monoisotopic (exact) mass is 289 g/mol. The van der Waals surface area contributed by atoms with Crippen molar-refractivity contribution in [2.75, 3.05) is 24.7 Å². The highest BCUT2D eigenvalue weighted by molar-refractivity contribution is 7.91. The van der Waals surface area contributed by atoms with E-state index < -0.39 is 9.84 Å². The minimum Gasteiger partial charge on any atom is -0.368 e. The average molecular weight is 289 g/mol. The second-order valence-corrected chi connectivity index (χ2v) is 7.67. The molecule has 2 atom stereocenters. The first-order valence-corrected chi connectivity index (χ1v) is 8.98. The van der Waals surface area contributed by atoms with Crippen LogP contribution in [0, 0.1) is 0 Å². The van der Waals surface area contributed by atoms with Crippen molar-refractivity contribution in [3.8, 4) is 0 Å². The van der Waals surface area contributed by atoms with Gasteiger partial charge in [0.05, 0.1) is 11.5 Å². The van der Waals surface area contributed by atoms with Gasteiger partial charge >= 0.3 is 0 Å². The van der Waals surface area contributed by atoms with E-state index in [-0.39, 0.29) is 29.6 Å². The maximum absolute atomic E-state index is 12.5. The lowest BCUT2D eigenvalue weighted by molar-refractivity contribution is -0.143. The summed E-state index contributed by atoms with van der Waals surface area (Å²) in [6.07, 6.45) is 3.82. The Morgan fingerprint density at radius 1 is 1.37 bits per heavy atom. The SMILES string of the molecule is CCCCN(C(=O)C1CCCO1)C1CCS(=O)(=O)C1. The highest BCUT2D eigenvalue weighted by Crippen LogP contribution is 2.22. The first kappa shape index (κ1) is 14.8. The molecule has 0 aliphatic carbocycles. The molecule has 19 heavy (non-hydrogen) atoms. The summed E-state index contributed by atoms with van der Waals surface area (Å²) in [7, 11) is -2.96. The summed E-state index contributed by atoms with van der Waals surface area (Å²) in [6.45, 7) is 3.36. The van der Waals surface area contributed by atoms with Crippen LogP contribution in [0.25, 0.3) is 0 Å². The van der Waals surface area contributed by atoms with Gasteiger partial charge in [0.2, 0.25) is 0 Å². The van der Waals surface area contributed by atoms with Gasteiger partial charge in [-0.2, -0.15) is 0 Å². The number of unbranched alkanes of at least 4 members (excludes halogenated alkanes) is 1. The first-order valence-electron chi connectivity index (χ1n) is 7.16. The number of nitrogens with zero attached hydrogens (tertiary/aromatic N) is 1. The molecule has 0 saturated carbocycles. The molecule has 0 N–H and O–H groups in total. The largest absolute Gasteiger partial charge is 0.368 e. The van der Waals surface area contributed by atoms with Crippen molar-refractivity contribution in [2.45, 2.75) is 51.2 Å². The van der Waals surface area contributed by atoms with Crippen LogP contribution < -0.4 is 0 Å². The van der Waals surface area contributed by atoms with Crippen LogP contribution in [0.5, 0.6) is 0 Å². The lowest BCUT2D eigenvalue weighted by atomic mass is 10.1. The third-order valence-corrected chi connectivity index (χ3v) is 5.64. The normalized spacial score (nSPS) is 29.5. The van der Waals surface area contributed by atoms with Crippen molar-refractivity contribution in [1.29, 1.82) is 0 Å². The molecule has 2 saturated heterocycles. The van der Waals surface area contributed by atoms with E-state index in [9.17, 15) is 13.2 Å². The van der Waals surface area contributed by atoms with Crippen LogP contribution in [-0.4, -0.2) is 56.0 Å². The molecule has 2 rings (SSSR count). The molecule has 0 spiro atoms. The van der Waals surface area contributed by atoms with E-state index in [1.54, 1.807) is 4.90 Å². The van der Waals surface area contributed by atoms with E-state index in [0.717, 1.165) is 25.7 Å². The Kier molecular flexibility index (Phi) is 4.84. The number of hydrogen-bond donors (Lipinski definition) is 0. The van der Waals surface area contributed by atoms with Crippen molar-refractivity contribution in [2.24, 2.45) is 0 Å². The van der Waals surface area contributed by atoms with Crippen LogP contribution in [0.2, 0.25) is 0 Å². The Balaban J connectivity index is 2.04. The number of ether oxygens (including phenoxy) is 1. The van der Waals surface area contributed by atoms with Crippen molar-refractivity contribution >= 4 is 15.7 Å². The summed E-state index contributed by atoms with van der Waals surface area (Å²) in [6, 6.07) is -0.145. The Hall–Kier alpha value is -0.620. The van der Waals surface area contributed by atoms with Gasteiger partial charge in [-0.25, -0.2) is 8.42 Å². The summed E-state index contributed by atoms with van der Waals surface area (Å²) < 4.78 is 28.6. The number of hydrogen-bond acceptors (Lipinski definition) is 4. The van der Waals surface area contributed by atoms with E-state index in [1.807, 2.05) is 0 Å². The molecule has 5 nitrogen and oxygen atoms in total. The molecular weight excluding hydrogens is 266 g/mol. The fraction of sp³-hybridized carbons (Fsp3) is 0.923. The minimum absolute atomic E-state index is 0.00644. The lowest BCUT2D eigenvalue weighted by Gasteiger charge is -2.30. The molecule has 0 radical (unpaired) electrons. The molecule has 2 aliphatic heterocycles. The maximum Gasteiger partial charge on any atom is 0.251 e. The van der Waals surface area contributed by atoms with E-state index in [1.165, 1.54) is 0 Å². The fourth-order valence-electron chi connectivity index (χ4n) is 2.78. The van der Waals surface area contributed by atoms with E-state index in [4.69, 9.17) is 4.74 Å². The van der Waals surface area contributed by atoms with Crippen LogP contribution in [0.4, 0.5) is 0 Å². The molecule has 2 unspecified atom stereocenters. The highest BCUT2D eigenvalue weighted by atomic mass is 32.2. The topological polar surface area (TPSA) is 63.7 Å². The number of amides is 1. The Morgan fingerprint density at radius 3 is 2.68 bits per heavy atom. The zero-order valence-corrected chi connectivity index (χ0v) is 12.3. The van der Waals surface area contributed by atoms with E-state index in [0.29, 0.717) is 19.6 Å². The first-order chi connectivity index (χ1) is 9.03. The summed E-state index contributed by atoms with van der Waals surface area (Å²) in [5.74, 6) is 0.321. The van der Waals surface area contributed by atoms with Crippen LogP contribution in [0.3, 0.4) is 0 Å². The number of sulfone groups is 1. The van der Waals surface area contributed by atoms with Gasteiger partial charge in [-0.3, -0.25) is 4.79 Å². The molecule has 6 heteroatoms. The Bertz CT molecular complexity index is 414. The zero-order chi connectivity index (χ0) is 13.9. The van der Waals surface area contributed by atoms with Gasteiger partial charge < -0.3 is 9.64 Å². The van der Waals surface area contributed by atoms with Gasteiger partial charge in [0, 0.05) is 19.2 Å². The van der Waals surface area contributed by atoms with Crippen molar-refractivity contribution in [1.82, 2.24) is 4.90 Å². The predicted octanol–water partition coefficient (Wildman–Crippen LogP) is 0.981. The van der Waals surface area contributed by atoms with Crippen molar-refractivity contribution < 1.29 is 17.9 Å². The average Bonchev–Trinajstić information content (AvgIpc) is 2.99. The highest BCUT2D eigenvalue weighted by Gasteiger charge is 2.37. The molecular formula is C13H23NO4S. The fourth-order valence-corrected chi connectivity index (χ4v) is 4.51. The molecule has 0 aromatic heterocycles. The quantitative estimate of drug-likeness (QED) is 0.757. The Morgan fingerprint density at radius 2 is 2.16 bits per heavy atom. The van der Waals surface area contributed by atoms with E-state index >= 15 is 0 Å². The molecule has 110 valence electrons. The third kappa shape index (κ3) is 3.69. The second-order valence-electron chi connectivity index (χ2n) is 5.44. The number of carbonyl (C=O) groups is 1. The van der Waals surface area contributed by atoms with Gasteiger partial charge in [-0.15, -0.1) is 0 Å². The molecule has 2 fully saturated rings. The zero-order valence-electron chi connectivity index (χ0n) is 11.5. The second kappa shape index (κ2) is 6.22. The molecule has 0 aromatic carbocycles. The Labute approximate surface area is 115 Å². The molecule has 1 amide bonds. The molecule has 0 aromatic rings. The van der Waals surface area contributed by atoms with Crippen LogP contribution in [0.15, 0.2) is 0 Å². The minimum atomic E-state index is -2.96. The van der Waals surface area contributed by atoms with E-state index in [2.05, 4.69) is 6.92 Å². The standard InChI is InChI=1S/C13H23NO4S/c1-2-3-7-14(11-6-9-19(16,17)10-11)13(15)12-5-4-8-18-12/h11-12H,2-10H2,1H3. The maximum atomic E-state index is 12.5. The predicted molar refractivity (Wildman–Crippen MR) is 72.7 cm³/mol. The van der Waals surface area contributed by atoms with Crippen LogP contribution >= 0.6 is 0 Å². The molecule has 2 heterocycles. The van der Waals surface area contributed by atoms with Gasteiger partial charge in [0.1, 0.15) is 6.10 Å². The summed E-state index contributed by atoms with van der Waals surface area (Å²) in [5, 5.41) is 0. The molecule has 0 bridgehead atoms. The third-order valence-electron chi connectivity index (χ3n) is 3.89. The smallest absolute Gasteiger partial charge is 0.251 e. The van der Waals surface area contributed by atoms with Gasteiger partial charge in [0.15, 0.2) is 9.84 Å². The van der Waals surface area contributed by atoms with Crippen molar-refractivity contribution in [3.63, 3.8) is 0 Å². The van der Waals surface area contributed by atoms with Gasteiger partial charge in [-0.1, -0.05) is 13.3 Å². The lowest BCUT2D eigenvalue weighted by Crippen LogP contribution is -2.46. The number of rotatable bonds is 5. The van der Waals surface area contributed by atoms with Gasteiger partial charge in [-0.05, 0) is 25.7 Å². The molecule has 2 aliphatic rings. The van der Waals surface area contributed by atoms with Crippen LogP contribution in [0.1, 0.15) is 39.0 Å². The summed E-state index contributed by atoms with van der Waals surface area (Å²) >= 11 is 0. The van der Waals surface area contributed by atoms with Crippen LogP contribution in [-0.2, 0) is 19.4 Å². The summed E-state index contributed by atoms with van der Waals surface area (Å²) in [4.78, 5) is 14.2.